The normalized spacial score (nSPS) is 16.5. The molecule has 2 aliphatic heterocycles. The van der Waals surface area contributed by atoms with Gasteiger partial charge < -0.3 is 33.8 Å². The van der Waals surface area contributed by atoms with Crippen molar-refractivity contribution in [3.8, 4) is 5.75 Å². The second-order valence-electron chi connectivity index (χ2n) is 17.1. The number of rotatable bonds is 17. The summed E-state index contributed by atoms with van der Waals surface area (Å²) in [4.78, 5) is 93.3. The number of hydrogen-bond donors (Lipinski definition) is 2. The number of thiazole rings is 1. The van der Waals surface area contributed by atoms with Gasteiger partial charge in [0.15, 0.2) is 16.9 Å². The summed E-state index contributed by atoms with van der Waals surface area (Å²) in [6.07, 6.45) is -4.19. The molecule has 1 saturated heterocycles. The molecule has 3 amide bonds. The highest BCUT2D eigenvalue weighted by Crippen LogP contribution is 2.42. The number of thioether (sulfide) groups is 1. The lowest BCUT2D eigenvalue weighted by atomic mass is 10.0. The van der Waals surface area contributed by atoms with E-state index < -0.39 is 82.8 Å². The monoisotopic (exact) mass is 1010 g/mol. The third-order valence-electron chi connectivity index (χ3n) is 9.60. The van der Waals surface area contributed by atoms with Gasteiger partial charge in [-0.15, -0.1) is 23.4 Å². The summed E-state index contributed by atoms with van der Waals surface area (Å²) in [5, 5.41) is 8.19. The molecule has 0 radical (unpaired) electrons. The Kier molecular flexibility index (Phi) is 16.8. The van der Waals surface area contributed by atoms with E-state index >= 15 is 0 Å². The third-order valence-corrected chi connectivity index (χ3v) is 12.4. The summed E-state index contributed by atoms with van der Waals surface area (Å²) in [6.45, 7) is 9.64. The lowest BCUT2D eigenvalue weighted by Gasteiger charge is -2.49. The molecule has 2 aliphatic rings. The highest BCUT2D eigenvalue weighted by atomic mass is 35.5. The summed E-state index contributed by atoms with van der Waals surface area (Å²) < 4.78 is 27.4. The lowest BCUT2D eigenvalue weighted by molar-refractivity contribution is -0.169. The van der Waals surface area contributed by atoms with E-state index in [2.05, 4.69) is 20.8 Å². The SMILES string of the molecule is COc1ccc(COC(=O)C(CC(=O)OC(C)(C)C)ON=C(C(=O)N[C@@H]2C(=O)N3C(C(=O)OC(c4ccccc4)c4ccccc4)=C(CCl)CS[C@H]23)c2nc(NC(=O)OC(C)(C)C)sc2Cl)cc1. The van der Waals surface area contributed by atoms with Crippen molar-refractivity contribution in [1.29, 1.82) is 0 Å². The van der Waals surface area contributed by atoms with Gasteiger partial charge in [-0.1, -0.05) is 101 Å². The number of methoxy groups -OCH3 is 1. The van der Waals surface area contributed by atoms with Gasteiger partial charge in [-0.2, -0.15) is 0 Å². The van der Waals surface area contributed by atoms with E-state index in [-0.39, 0.29) is 39.1 Å². The molecule has 17 nitrogen and oxygen atoms in total. The minimum absolute atomic E-state index is 0.0492. The number of esters is 3. The lowest BCUT2D eigenvalue weighted by Crippen LogP contribution is -2.71. The maximum Gasteiger partial charge on any atom is 0.413 e. The molecular weight excluding hydrogens is 962 g/mol. The van der Waals surface area contributed by atoms with Gasteiger partial charge in [-0.3, -0.25) is 24.6 Å². The Hall–Kier alpha value is -6.15. The van der Waals surface area contributed by atoms with Crippen LogP contribution in [0.1, 0.15) is 76.5 Å². The van der Waals surface area contributed by atoms with Crippen LogP contribution in [0.4, 0.5) is 9.93 Å². The van der Waals surface area contributed by atoms with Crippen LogP contribution < -0.4 is 15.4 Å². The van der Waals surface area contributed by atoms with Crippen molar-refractivity contribution in [2.45, 2.75) is 89.4 Å². The Bertz CT molecular complexity index is 2520. The Morgan fingerprint density at radius 1 is 0.897 bits per heavy atom. The second-order valence-corrected chi connectivity index (χ2v) is 20.1. The molecule has 68 heavy (non-hydrogen) atoms. The molecule has 1 aromatic heterocycles. The van der Waals surface area contributed by atoms with E-state index in [4.69, 9.17) is 51.7 Å². The number of carbonyl (C=O) groups is 6. The van der Waals surface area contributed by atoms with Crippen molar-refractivity contribution in [2.24, 2.45) is 5.16 Å². The van der Waals surface area contributed by atoms with Crippen LogP contribution in [-0.2, 0) is 54.4 Å². The number of nitrogens with one attached hydrogen (secondary N) is 2. The number of aromatic nitrogens is 1. The molecule has 1 unspecified atom stereocenters. The topological polar surface area (TPSA) is 210 Å². The number of nitrogens with zero attached hydrogens (tertiary/aromatic N) is 3. The van der Waals surface area contributed by atoms with E-state index in [1.165, 1.54) is 23.8 Å². The average Bonchev–Trinajstić information content (AvgIpc) is 3.65. The molecule has 3 heterocycles. The van der Waals surface area contributed by atoms with Crippen molar-refractivity contribution in [2.75, 3.05) is 24.1 Å². The number of benzene rings is 3. The van der Waals surface area contributed by atoms with Gasteiger partial charge in [0.05, 0.1) is 13.5 Å². The van der Waals surface area contributed by atoms with Gasteiger partial charge in [-0.25, -0.2) is 19.4 Å². The Balaban J connectivity index is 1.28. The first-order valence-corrected chi connectivity index (χ1v) is 23.8. The van der Waals surface area contributed by atoms with Crippen molar-refractivity contribution in [3.05, 3.63) is 123 Å². The maximum absolute atomic E-state index is 14.4. The third kappa shape index (κ3) is 13.3. The van der Waals surface area contributed by atoms with Gasteiger partial charge in [0.25, 0.3) is 11.8 Å². The van der Waals surface area contributed by atoms with Crippen molar-refractivity contribution in [1.82, 2.24) is 15.2 Å². The fraction of sp³-hybridized carbons (Fsp3) is 0.362. The second kappa shape index (κ2) is 22.3. The Morgan fingerprint density at radius 2 is 1.51 bits per heavy atom. The van der Waals surface area contributed by atoms with Crippen molar-refractivity contribution in [3.63, 3.8) is 0 Å². The van der Waals surface area contributed by atoms with Crippen LogP contribution in [0.2, 0.25) is 4.34 Å². The zero-order chi connectivity index (χ0) is 49.3. The van der Waals surface area contributed by atoms with Crippen molar-refractivity contribution >= 4 is 93.0 Å². The average molecular weight is 1010 g/mol. The molecule has 0 spiro atoms. The predicted molar refractivity (Wildman–Crippen MR) is 255 cm³/mol. The van der Waals surface area contributed by atoms with E-state index in [9.17, 15) is 28.8 Å². The molecule has 3 atom stereocenters. The molecule has 1 fully saturated rings. The number of β-lactam (4-membered cyclic amide) rings is 1. The number of anilines is 1. The minimum Gasteiger partial charge on any atom is -0.497 e. The molecule has 0 aliphatic carbocycles. The van der Waals surface area contributed by atoms with E-state index in [0.717, 1.165) is 11.3 Å². The summed E-state index contributed by atoms with van der Waals surface area (Å²) in [5.74, 6) is -3.74. The largest absolute Gasteiger partial charge is 0.497 e. The van der Waals surface area contributed by atoms with Crippen LogP contribution in [0, 0.1) is 0 Å². The Labute approximate surface area is 410 Å². The molecule has 2 N–H and O–H groups in total. The minimum atomic E-state index is -1.78. The maximum atomic E-state index is 14.4. The number of hydrogen-bond acceptors (Lipinski definition) is 16. The summed E-state index contributed by atoms with van der Waals surface area (Å²) in [5.41, 5.74) is -0.442. The fourth-order valence-corrected chi connectivity index (χ4v) is 9.31. The van der Waals surface area contributed by atoms with Gasteiger partial charge >= 0.3 is 24.0 Å². The first-order valence-electron chi connectivity index (χ1n) is 21.0. The highest BCUT2D eigenvalue weighted by Gasteiger charge is 2.55. The molecule has 3 aromatic carbocycles. The van der Waals surface area contributed by atoms with Gasteiger partial charge in [0, 0.05) is 11.6 Å². The molecular formula is C47H49Cl2N5O12S2. The van der Waals surface area contributed by atoms with Crippen LogP contribution in [0.15, 0.2) is 101 Å². The number of amides is 3. The van der Waals surface area contributed by atoms with Crippen LogP contribution in [0.5, 0.6) is 5.75 Å². The van der Waals surface area contributed by atoms with E-state index in [0.29, 0.717) is 28.0 Å². The number of halogens is 2. The first-order chi connectivity index (χ1) is 32.2. The van der Waals surface area contributed by atoms with Crippen LogP contribution >= 0.6 is 46.3 Å². The molecule has 0 saturated carbocycles. The molecule has 6 rings (SSSR count). The van der Waals surface area contributed by atoms with Gasteiger partial charge in [0.1, 0.15) is 50.7 Å². The summed E-state index contributed by atoms with van der Waals surface area (Å²) >= 11 is 15.0. The highest BCUT2D eigenvalue weighted by molar-refractivity contribution is 8.00. The zero-order valence-electron chi connectivity index (χ0n) is 38.0. The van der Waals surface area contributed by atoms with Crippen LogP contribution in [0.3, 0.4) is 0 Å². The Morgan fingerprint density at radius 3 is 2.09 bits per heavy atom. The summed E-state index contributed by atoms with van der Waals surface area (Å²) in [7, 11) is 1.51. The molecule has 0 bridgehead atoms. The standard InChI is InChI=1S/C47H49Cl2N5O12S2/c1-46(2,3)64-32(55)22-31(42(58)62-24-26-18-20-30(61-7)21-19-26)66-53-34(33-38(49)68-44(51-33)52-45(60)65-47(4,5)6)39(56)50-35-40(57)54-36(29(23-48)25-67-41(35)54)43(59)63-37(27-14-10-8-11-15-27)28-16-12-9-13-17-28/h8-21,31,35,37,41H,22-25H2,1-7H3,(H,50,56)(H,51,52,60)/t31?,35-,41-/m1/s1. The van der Waals surface area contributed by atoms with E-state index in [1.54, 1.807) is 65.8 Å². The van der Waals surface area contributed by atoms with Gasteiger partial charge in [-0.05, 0) is 75.9 Å². The zero-order valence-corrected chi connectivity index (χ0v) is 41.2. The van der Waals surface area contributed by atoms with Crippen LogP contribution in [-0.4, -0.2) is 98.9 Å². The number of fused-ring (bicyclic) bond motifs is 1. The molecule has 21 heteroatoms. The number of oxime groups is 1. The molecule has 360 valence electrons. The van der Waals surface area contributed by atoms with Crippen molar-refractivity contribution < 1.29 is 57.3 Å². The number of ether oxygens (including phenoxy) is 5. The summed E-state index contributed by atoms with van der Waals surface area (Å²) in [6, 6.07) is 23.7. The van der Waals surface area contributed by atoms with E-state index in [1.807, 2.05) is 60.7 Å². The first kappa shape index (κ1) is 51.2. The number of carbonyl (C=O) groups excluding carboxylic acids is 6. The van der Waals surface area contributed by atoms with Crippen LogP contribution in [0.25, 0.3) is 0 Å². The predicted octanol–water partition coefficient (Wildman–Crippen LogP) is 7.94. The quantitative estimate of drug-likeness (QED) is 0.0257. The smallest absolute Gasteiger partial charge is 0.413 e. The van der Waals surface area contributed by atoms with Gasteiger partial charge in [0.2, 0.25) is 6.10 Å². The number of alkyl halides is 1. The fourth-order valence-electron chi connectivity index (χ4n) is 6.60. The molecule has 4 aromatic rings.